The van der Waals surface area contributed by atoms with Crippen LogP contribution in [0.2, 0.25) is 0 Å². The lowest BCUT2D eigenvalue weighted by molar-refractivity contribution is 0.669. The number of benzene rings is 10. The van der Waals surface area contributed by atoms with Crippen LogP contribution in [-0.2, 0) is 0 Å². The van der Waals surface area contributed by atoms with Gasteiger partial charge in [0.1, 0.15) is 11.2 Å². The van der Waals surface area contributed by atoms with Gasteiger partial charge < -0.3 is 8.98 Å². The summed E-state index contributed by atoms with van der Waals surface area (Å²) in [6.07, 6.45) is 0. The summed E-state index contributed by atoms with van der Waals surface area (Å²) in [5.74, 6) is 1.77. The molecule has 0 N–H and O–H groups in total. The fraction of sp³-hybridized carbons (Fsp3) is 0. The largest absolute Gasteiger partial charge is 0.456 e. The zero-order valence-electron chi connectivity index (χ0n) is 36.8. The minimum Gasteiger partial charge on any atom is -0.456 e. The molecule has 0 fully saturated rings. The summed E-state index contributed by atoms with van der Waals surface area (Å²) in [5, 5.41) is 4.27. The van der Waals surface area contributed by atoms with Gasteiger partial charge in [-0.05, 0) is 87.0 Å². The monoisotopic (exact) mass is 868 g/mol. The standard InChI is InChI=1S/C63H40N4O/c1-4-15-41(16-5-1)44-29-31-46(32-30-44)61-64-62(50-24-13-23-49(38-50)43-19-8-3-9-20-43)66-63(65-61)53-26-14-28-58-60(53)55-39-54-52-25-10-11-27-56(52)67(57(54)40-59(55)68-58)51-35-33-45(34-36-51)48-22-12-21-47(37-48)42-17-6-2-7-18-42/h1-40H. The van der Waals surface area contributed by atoms with Gasteiger partial charge in [-0.1, -0.05) is 194 Å². The van der Waals surface area contributed by atoms with Gasteiger partial charge in [-0.15, -0.1) is 0 Å². The van der Waals surface area contributed by atoms with Gasteiger partial charge >= 0.3 is 0 Å². The average Bonchev–Trinajstić information content (AvgIpc) is 3.95. The molecule has 0 aliphatic rings. The van der Waals surface area contributed by atoms with E-state index in [2.05, 4.69) is 223 Å². The van der Waals surface area contributed by atoms with E-state index in [4.69, 9.17) is 19.4 Å². The Balaban J connectivity index is 0.951. The maximum absolute atomic E-state index is 6.80. The molecule has 0 radical (unpaired) electrons. The van der Waals surface area contributed by atoms with Crippen molar-refractivity contribution in [2.45, 2.75) is 0 Å². The summed E-state index contributed by atoms with van der Waals surface area (Å²) in [7, 11) is 0. The third-order valence-electron chi connectivity index (χ3n) is 13.1. The molecule has 0 aliphatic carbocycles. The average molecular weight is 869 g/mol. The van der Waals surface area contributed by atoms with E-state index < -0.39 is 0 Å². The molecule has 10 aromatic carbocycles. The number of fused-ring (bicyclic) bond motifs is 6. The molecule has 5 nitrogen and oxygen atoms in total. The first-order chi connectivity index (χ1) is 33.7. The Kier molecular flexibility index (Phi) is 9.43. The van der Waals surface area contributed by atoms with Gasteiger partial charge in [0, 0.05) is 50.0 Å². The number of nitrogens with zero attached hydrogens (tertiary/aromatic N) is 4. The molecule has 0 aliphatic heterocycles. The van der Waals surface area contributed by atoms with Crippen LogP contribution < -0.4 is 0 Å². The topological polar surface area (TPSA) is 56.7 Å². The zero-order valence-corrected chi connectivity index (χ0v) is 36.8. The lowest BCUT2D eigenvalue weighted by Crippen LogP contribution is -2.00. The minimum absolute atomic E-state index is 0.576. The van der Waals surface area contributed by atoms with Crippen molar-refractivity contribution in [1.82, 2.24) is 19.5 Å². The molecule has 13 aromatic rings. The van der Waals surface area contributed by atoms with E-state index in [1.165, 1.54) is 16.7 Å². The molecule has 318 valence electrons. The Labute approximate surface area is 392 Å². The van der Waals surface area contributed by atoms with Crippen molar-refractivity contribution in [2.24, 2.45) is 0 Å². The van der Waals surface area contributed by atoms with Crippen LogP contribution in [0.4, 0.5) is 0 Å². The van der Waals surface area contributed by atoms with Crippen LogP contribution in [0.15, 0.2) is 247 Å². The summed E-state index contributed by atoms with van der Waals surface area (Å²) in [5.41, 5.74) is 16.8. The second-order valence-electron chi connectivity index (χ2n) is 17.2. The third-order valence-corrected chi connectivity index (χ3v) is 13.1. The number of hydrogen-bond acceptors (Lipinski definition) is 4. The molecule has 3 heterocycles. The predicted molar refractivity (Wildman–Crippen MR) is 279 cm³/mol. The normalized spacial score (nSPS) is 11.5. The van der Waals surface area contributed by atoms with Gasteiger partial charge in [-0.25, -0.2) is 15.0 Å². The maximum atomic E-state index is 6.80. The summed E-state index contributed by atoms with van der Waals surface area (Å²) >= 11 is 0. The van der Waals surface area contributed by atoms with Crippen molar-refractivity contribution in [2.75, 3.05) is 0 Å². The molecule has 0 atom stereocenters. The van der Waals surface area contributed by atoms with Gasteiger partial charge in [0.25, 0.3) is 0 Å². The van der Waals surface area contributed by atoms with Crippen LogP contribution in [0.25, 0.3) is 128 Å². The fourth-order valence-electron chi connectivity index (χ4n) is 9.73. The number of hydrogen-bond donors (Lipinski definition) is 0. The highest BCUT2D eigenvalue weighted by Gasteiger charge is 2.21. The molecule has 0 saturated carbocycles. The van der Waals surface area contributed by atoms with Crippen molar-refractivity contribution in [1.29, 1.82) is 0 Å². The Morgan fingerprint density at radius 3 is 1.41 bits per heavy atom. The van der Waals surface area contributed by atoms with E-state index in [1.54, 1.807) is 0 Å². The van der Waals surface area contributed by atoms with Crippen LogP contribution in [-0.4, -0.2) is 19.5 Å². The zero-order chi connectivity index (χ0) is 45.0. The summed E-state index contributed by atoms with van der Waals surface area (Å²) in [6.45, 7) is 0. The molecule has 0 unspecified atom stereocenters. The second-order valence-corrected chi connectivity index (χ2v) is 17.2. The Hall–Kier alpha value is -9.19. The first kappa shape index (κ1) is 39.2. The molecule has 68 heavy (non-hydrogen) atoms. The molecule has 0 bridgehead atoms. The molecule has 0 saturated heterocycles. The highest BCUT2D eigenvalue weighted by atomic mass is 16.3. The SMILES string of the molecule is c1ccc(-c2ccc(-c3nc(-c4cccc(-c5ccccc5)c4)nc(-c4cccc5oc6cc7c(cc6c45)c4ccccc4n7-c4ccc(-c5cccc(-c6ccccc6)c5)cc4)n3)cc2)cc1. The summed E-state index contributed by atoms with van der Waals surface area (Å²) in [4.78, 5) is 15.7. The van der Waals surface area contributed by atoms with Gasteiger partial charge in [0.05, 0.1) is 11.0 Å². The van der Waals surface area contributed by atoms with Crippen molar-refractivity contribution in [3.05, 3.63) is 243 Å². The van der Waals surface area contributed by atoms with E-state index in [-0.39, 0.29) is 0 Å². The van der Waals surface area contributed by atoms with Crippen LogP contribution >= 0.6 is 0 Å². The lowest BCUT2D eigenvalue weighted by atomic mass is 9.99. The molecule has 0 amide bonds. The Morgan fingerprint density at radius 2 is 0.750 bits per heavy atom. The lowest BCUT2D eigenvalue weighted by Gasteiger charge is -2.11. The molecule has 13 rings (SSSR count). The van der Waals surface area contributed by atoms with Crippen molar-refractivity contribution in [3.8, 4) is 84.4 Å². The van der Waals surface area contributed by atoms with Gasteiger partial charge in [0.15, 0.2) is 17.5 Å². The third kappa shape index (κ3) is 6.93. The smallest absolute Gasteiger partial charge is 0.164 e. The Morgan fingerprint density at radius 1 is 0.279 bits per heavy atom. The second kappa shape index (κ2) is 16.4. The summed E-state index contributed by atoms with van der Waals surface area (Å²) in [6, 6.07) is 85.2. The molecule has 3 aromatic heterocycles. The van der Waals surface area contributed by atoms with E-state index in [1.807, 2.05) is 24.3 Å². The van der Waals surface area contributed by atoms with Crippen molar-refractivity contribution < 1.29 is 4.42 Å². The highest BCUT2D eigenvalue weighted by molar-refractivity contribution is 6.19. The van der Waals surface area contributed by atoms with Crippen molar-refractivity contribution >= 4 is 43.7 Å². The van der Waals surface area contributed by atoms with Crippen LogP contribution in [0, 0.1) is 0 Å². The minimum atomic E-state index is 0.576. The van der Waals surface area contributed by atoms with E-state index in [0.29, 0.717) is 17.5 Å². The number of furan rings is 1. The van der Waals surface area contributed by atoms with Gasteiger partial charge in [0.2, 0.25) is 0 Å². The van der Waals surface area contributed by atoms with E-state index in [0.717, 1.165) is 93.9 Å². The molecular weight excluding hydrogens is 829 g/mol. The number of para-hydroxylation sites is 1. The Bertz CT molecular complexity index is 3990. The number of aromatic nitrogens is 4. The first-order valence-electron chi connectivity index (χ1n) is 22.9. The molecule has 0 spiro atoms. The van der Waals surface area contributed by atoms with Crippen LogP contribution in [0.1, 0.15) is 0 Å². The predicted octanol–water partition coefficient (Wildman–Crippen LogP) is 16.5. The van der Waals surface area contributed by atoms with Gasteiger partial charge in [-0.2, -0.15) is 0 Å². The fourth-order valence-corrected chi connectivity index (χ4v) is 9.73. The van der Waals surface area contributed by atoms with Gasteiger partial charge in [-0.3, -0.25) is 0 Å². The number of rotatable bonds is 8. The maximum Gasteiger partial charge on any atom is 0.164 e. The molecular formula is C63H40N4O. The first-order valence-corrected chi connectivity index (χ1v) is 22.9. The summed E-state index contributed by atoms with van der Waals surface area (Å²) < 4.78 is 9.15. The van der Waals surface area contributed by atoms with Crippen LogP contribution in [0.5, 0.6) is 0 Å². The quantitative estimate of drug-likeness (QED) is 0.153. The van der Waals surface area contributed by atoms with E-state index in [9.17, 15) is 0 Å². The van der Waals surface area contributed by atoms with Crippen LogP contribution in [0.3, 0.4) is 0 Å². The van der Waals surface area contributed by atoms with Crippen molar-refractivity contribution in [3.63, 3.8) is 0 Å². The molecule has 5 heteroatoms. The van der Waals surface area contributed by atoms with E-state index >= 15 is 0 Å². The highest BCUT2D eigenvalue weighted by Crippen LogP contribution is 2.42.